The van der Waals surface area contributed by atoms with Crippen LogP contribution in [0, 0.1) is 0 Å². The summed E-state index contributed by atoms with van der Waals surface area (Å²) in [5, 5.41) is 24.5. The summed E-state index contributed by atoms with van der Waals surface area (Å²) in [4.78, 5) is 5.05. The number of phenols is 2. The van der Waals surface area contributed by atoms with E-state index in [0.29, 0.717) is 17.4 Å². The molecule has 1 aromatic heterocycles. The lowest BCUT2D eigenvalue weighted by atomic mass is 9.96. The number of halogens is 1. The average molecular weight is 440 g/mol. The molecule has 0 atom stereocenters. The fourth-order valence-corrected chi connectivity index (χ4v) is 4.94. The number of benzene rings is 2. The third kappa shape index (κ3) is 4.15. The van der Waals surface area contributed by atoms with Gasteiger partial charge in [0.25, 0.3) is 0 Å². The first kappa shape index (κ1) is 20.4. The summed E-state index contributed by atoms with van der Waals surface area (Å²) < 4.78 is 5.61. The van der Waals surface area contributed by atoms with Crippen molar-refractivity contribution in [2.24, 2.45) is 0 Å². The Bertz CT molecular complexity index is 1060. The van der Waals surface area contributed by atoms with Crippen LogP contribution in [0.3, 0.4) is 0 Å². The van der Waals surface area contributed by atoms with Crippen molar-refractivity contribution in [1.82, 2.24) is 15.0 Å². The number of hydrogen-bond donors (Lipinski definition) is 2. The zero-order valence-electron chi connectivity index (χ0n) is 17.3. The Balaban J connectivity index is 1.28. The van der Waals surface area contributed by atoms with Crippen molar-refractivity contribution in [2.45, 2.75) is 38.4 Å². The van der Waals surface area contributed by atoms with E-state index in [0.717, 1.165) is 63.2 Å². The van der Waals surface area contributed by atoms with Gasteiger partial charge in [-0.3, -0.25) is 9.80 Å². The highest BCUT2D eigenvalue weighted by Crippen LogP contribution is 2.41. The summed E-state index contributed by atoms with van der Waals surface area (Å²) in [5.74, 6) is 0.327. The summed E-state index contributed by atoms with van der Waals surface area (Å²) in [6.45, 7) is 4.90. The summed E-state index contributed by atoms with van der Waals surface area (Å²) in [6.07, 6.45) is 3.10. The fraction of sp³-hybridized carbons (Fsp3) is 0.375. The van der Waals surface area contributed by atoms with Gasteiger partial charge in [0.15, 0.2) is 5.76 Å². The van der Waals surface area contributed by atoms with Gasteiger partial charge < -0.3 is 14.7 Å². The molecule has 0 spiro atoms. The van der Waals surface area contributed by atoms with Gasteiger partial charge in [-0.2, -0.15) is 0 Å². The van der Waals surface area contributed by atoms with Crippen molar-refractivity contribution in [3.8, 4) is 22.8 Å². The predicted molar refractivity (Wildman–Crippen MR) is 119 cm³/mol. The second-order valence-electron chi connectivity index (χ2n) is 8.47. The molecule has 0 saturated carbocycles. The molecular weight excluding hydrogens is 414 g/mol. The lowest BCUT2D eigenvalue weighted by Gasteiger charge is -2.40. The third-order valence-corrected chi connectivity index (χ3v) is 6.80. The van der Waals surface area contributed by atoms with Crippen LogP contribution in [0.2, 0.25) is 5.02 Å². The van der Waals surface area contributed by atoms with Crippen LogP contribution in [0.25, 0.3) is 11.3 Å². The molecule has 3 aromatic rings. The normalized spacial score (nSPS) is 18.2. The van der Waals surface area contributed by atoms with Gasteiger partial charge in [-0.1, -0.05) is 47.1 Å². The van der Waals surface area contributed by atoms with Crippen LogP contribution < -0.4 is 0 Å². The zero-order chi connectivity index (χ0) is 21.4. The predicted octanol–water partition coefficient (Wildman–Crippen LogP) is 4.43. The van der Waals surface area contributed by atoms with Crippen LogP contribution in [0.1, 0.15) is 29.7 Å². The van der Waals surface area contributed by atoms with Crippen LogP contribution in [0.5, 0.6) is 11.5 Å². The van der Waals surface area contributed by atoms with Crippen molar-refractivity contribution in [3.63, 3.8) is 0 Å². The lowest BCUT2D eigenvalue weighted by Crippen LogP contribution is -2.46. The smallest absolute Gasteiger partial charge is 0.175 e. The van der Waals surface area contributed by atoms with E-state index in [4.69, 9.17) is 16.1 Å². The first-order valence-corrected chi connectivity index (χ1v) is 11.2. The molecule has 2 aromatic carbocycles. The Morgan fingerprint density at radius 2 is 1.81 bits per heavy atom. The van der Waals surface area contributed by atoms with E-state index >= 15 is 0 Å². The topological polar surface area (TPSA) is 73.0 Å². The van der Waals surface area contributed by atoms with Gasteiger partial charge in [0.05, 0.1) is 16.3 Å². The number of phenolic OH excluding ortho intramolecular Hbond substituents is 2. The SMILES string of the molecule is Oc1cc(O)c(-c2onc3c2CN(C2CCN(Cc4ccccc4)CC2)CC3)cc1Cl. The summed E-state index contributed by atoms with van der Waals surface area (Å²) in [7, 11) is 0. The molecule has 0 aliphatic carbocycles. The van der Waals surface area contributed by atoms with Crippen LogP contribution in [-0.2, 0) is 19.5 Å². The molecule has 6 nitrogen and oxygen atoms in total. The highest BCUT2D eigenvalue weighted by molar-refractivity contribution is 6.32. The van der Waals surface area contributed by atoms with Gasteiger partial charge >= 0.3 is 0 Å². The van der Waals surface area contributed by atoms with E-state index in [-0.39, 0.29) is 16.5 Å². The van der Waals surface area contributed by atoms with E-state index in [9.17, 15) is 10.2 Å². The Morgan fingerprint density at radius 1 is 1.03 bits per heavy atom. The van der Waals surface area contributed by atoms with Crippen molar-refractivity contribution in [3.05, 3.63) is 64.3 Å². The number of rotatable bonds is 4. The monoisotopic (exact) mass is 439 g/mol. The van der Waals surface area contributed by atoms with Gasteiger partial charge in [0.2, 0.25) is 0 Å². The zero-order valence-corrected chi connectivity index (χ0v) is 18.1. The number of nitrogens with zero attached hydrogens (tertiary/aromatic N) is 3. The van der Waals surface area contributed by atoms with E-state index < -0.39 is 0 Å². The quantitative estimate of drug-likeness (QED) is 0.626. The molecule has 0 bridgehead atoms. The molecule has 2 aliphatic heterocycles. The second kappa shape index (κ2) is 8.54. The van der Waals surface area contributed by atoms with E-state index in [1.807, 2.05) is 0 Å². The molecule has 7 heteroatoms. The largest absolute Gasteiger partial charge is 0.507 e. The number of aromatic nitrogens is 1. The van der Waals surface area contributed by atoms with Crippen LogP contribution in [0.4, 0.5) is 0 Å². The van der Waals surface area contributed by atoms with E-state index in [2.05, 4.69) is 45.3 Å². The van der Waals surface area contributed by atoms with Crippen molar-refractivity contribution in [1.29, 1.82) is 0 Å². The maximum absolute atomic E-state index is 10.3. The molecular formula is C24H26ClN3O3. The fourth-order valence-electron chi connectivity index (χ4n) is 4.77. The average Bonchev–Trinajstić information content (AvgIpc) is 3.20. The van der Waals surface area contributed by atoms with Crippen molar-refractivity contribution in [2.75, 3.05) is 19.6 Å². The Hall–Kier alpha value is -2.54. The molecule has 0 amide bonds. The maximum atomic E-state index is 10.3. The molecule has 1 fully saturated rings. The van der Waals surface area contributed by atoms with Gasteiger partial charge in [-0.25, -0.2) is 0 Å². The minimum Gasteiger partial charge on any atom is -0.507 e. The van der Waals surface area contributed by atoms with Gasteiger partial charge in [-0.15, -0.1) is 0 Å². The highest BCUT2D eigenvalue weighted by atomic mass is 35.5. The minimum absolute atomic E-state index is 0.0628. The van der Waals surface area contributed by atoms with Crippen LogP contribution in [0.15, 0.2) is 47.0 Å². The number of hydrogen-bond acceptors (Lipinski definition) is 6. The summed E-state index contributed by atoms with van der Waals surface area (Å²) in [6, 6.07) is 14.0. The molecule has 5 rings (SSSR count). The third-order valence-electron chi connectivity index (χ3n) is 6.50. The molecule has 2 N–H and O–H groups in total. The number of fused-ring (bicyclic) bond motifs is 1. The van der Waals surface area contributed by atoms with E-state index in [1.54, 1.807) is 0 Å². The molecule has 0 radical (unpaired) electrons. The van der Waals surface area contributed by atoms with Crippen LogP contribution in [-0.4, -0.2) is 50.8 Å². The molecule has 0 unspecified atom stereocenters. The molecule has 3 heterocycles. The minimum atomic E-state index is -0.153. The maximum Gasteiger partial charge on any atom is 0.175 e. The summed E-state index contributed by atoms with van der Waals surface area (Å²) >= 11 is 6.07. The van der Waals surface area contributed by atoms with Crippen molar-refractivity contribution >= 4 is 11.6 Å². The first-order valence-electron chi connectivity index (χ1n) is 10.8. The highest BCUT2D eigenvalue weighted by Gasteiger charge is 2.31. The standard InChI is InChI=1S/C24H26ClN3O3/c25-20-12-18(22(29)13-23(20)30)24-19-15-28(11-8-21(19)26-31-24)17-6-9-27(10-7-17)14-16-4-2-1-3-5-16/h1-5,12-13,17,29-30H,6-11,14-15H2. The first-order chi connectivity index (χ1) is 15.1. The number of likely N-dealkylation sites (tertiary alicyclic amines) is 1. The summed E-state index contributed by atoms with van der Waals surface area (Å²) in [5.41, 5.74) is 3.78. The molecule has 2 aliphatic rings. The van der Waals surface area contributed by atoms with Crippen LogP contribution >= 0.6 is 11.6 Å². The Kier molecular flexibility index (Phi) is 5.61. The van der Waals surface area contributed by atoms with Gasteiger partial charge in [-0.05, 0) is 37.6 Å². The number of aromatic hydroxyl groups is 2. The second-order valence-corrected chi connectivity index (χ2v) is 8.88. The number of piperidine rings is 1. The van der Waals surface area contributed by atoms with Gasteiger partial charge in [0, 0.05) is 43.7 Å². The van der Waals surface area contributed by atoms with Gasteiger partial charge in [0.1, 0.15) is 11.5 Å². The Labute approximate surface area is 186 Å². The molecule has 31 heavy (non-hydrogen) atoms. The van der Waals surface area contributed by atoms with Crippen molar-refractivity contribution < 1.29 is 14.7 Å². The van der Waals surface area contributed by atoms with E-state index in [1.165, 1.54) is 17.7 Å². The molecule has 1 saturated heterocycles. The lowest BCUT2D eigenvalue weighted by molar-refractivity contribution is 0.0948. The molecule has 162 valence electrons. The Morgan fingerprint density at radius 3 is 2.58 bits per heavy atom.